The Balaban J connectivity index is 2.72. The first-order chi connectivity index (χ1) is 19.8. The number of esters is 2. The summed E-state index contributed by atoms with van der Waals surface area (Å²) in [6, 6.07) is 9.17. The molecule has 0 aliphatic rings. The van der Waals surface area contributed by atoms with Gasteiger partial charge in [0.15, 0.2) is 11.5 Å². The van der Waals surface area contributed by atoms with E-state index >= 15 is 0 Å². The number of benzene rings is 2. The molecule has 0 saturated carbocycles. The van der Waals surface area contributed by atoms with Gasteiger partial charge in [0.05, 0.1) is 19.8 Å². The van der Waals surface area contributed by atoms with Crippen molar-refractivity contribution in [1.29, 1.82) is 0 Å². The fraction of sp³-hybridized carbons (Fsp3) is 0.455. The van der Waals surface area contributed by atoms with E-state index in [0.717, 1.165) is 5.56 Å². The Bertz CT molecular complexity index is 1280. The summed E-state index contributed by atoms with van der Waals surface area (Å²) < 4.78 is 40.9. The molecule has 2 rings (SSSR count). The Labute approximate surface area is 249 Å². The molecule has 9 heteroatoms. The summed E-state index contributed by atoms with van der Waals surface area (Å²) in [5.74, 6) is 1.08. The van der Waals surface area contributed by atoms with Crippen LogP contribution in [0.3, 0.4) is 0 Å². The van der Waals surface area contributed by atoms with Crippen LogP contribution >= 0.6 is 0 Å². The van der Waals surface area contributed by atoms with Crippen LogP contribution in [0.1, 0.15) is 73.4 Å². The average molecular weight is 585 g/mol. The van der Waals surface area contributed by atoms with Gasteiger partial charge >= 0.3 is 11.9 Å². The first kappa shape index (κ1) is 34.1. The Kier molecular flexibility index (Phi) is 12.3. The third-order valence-electron chi connectivity index (χ3n) is 6.09. The summed E-state index contributed by atoms with van der Waals surface area (Å²) >= 11 is 0. The minimum atomic E-state index is -0.975. The zero-order chi connectivity index (χ0) is 31.6. The average Bonchev–Trinajstić information content (AvgIpc) is 2.90. The van der Waals surface area contributed by atoms with Crippen LogP contribution in [0.2, 0.25) is 0 Å². The van der Waals surface area contributed by atoms with E-state index in [-0.39, 0.29) is 11.1 Å². The van der Waals surface area contributed by atoms with Gasteiger partial charge in [0, 0.05) is 47.6 Å². The summed E-state index contributed by atoms with van der Waals surface area (Å²) in [4.78, 5) is 24.4. The monoisotopic (exact) mass is 584 g/mol. The molecule has 0 amide bonds. The zero-order valence-electron chi connectivity index (χ0n) is 26.3. The van der Waals surface area contributed by atoms with Crippen molar-refractivity contribution in [3.8, 4) is 28.7 Å². The highest BCUT2D eigenvalue weighted by Gasteiger charge is 2.35. The number of hydrogen-bond donors (Lipinski definition) is 0. The van der Waals surface area contributed by atoms with E-state index in [9.17, 15) is 9.59 Å². The summed E-state index contributed by atoms with van der Waals surface area (Å²) in [5, 5.41) is 0. The fourth-order valence-corrected chi connectivity index (χ4v) is 4.12. The molecule has 9 nitrogen and oxygen atoms in total. The summed E-state index contributed by atoms with van der Waals surface area (Å²) in [6.45, 7) is 24.4. The van der Waals surface area contributed by atoms with Gasteiger partial charge < -0.3 is 33.2 Å². The summed E-state index contributed by atoms with van der Waals surface area (Å²) in [6.07, 6.45) is -1.89. The van der Waals surface area contributed by atoms with Crippen LogP contribution in [0.25, 0.3) is 0 Å². The van der Waals surface area contributed by atoms with Crippen molar-refractivity contribution in [1.82, 2.24) is 0 Å². The predicted molar refractivity (Wildman–Crippen MR) is 161 cm³/mol. The van der Waals surface area contributed by atoms with Gasteiger partial charge in [0.1, 0.15) is 11.5 Å². The van der Waals surface area contributed by atoms with Crippen molar-refractivity contribution in [3.63, 3.8) is 0 Å². The molecule has 0 N–H and O–H groups in total. The molecular weight excluding hydrogens is 540 g/mol. The minimum Gasteiger partial charge on any atom is -0.494 e. The van der Waals surface area contributed by atoms with E-state index in [1.807, 2.05) is 58.9 Å². The highest BCUT2D eigenvalue weighted by atomic mass is 16.7. The maximum absolute atomic E-state index is 12.3. The largest absolute Gasteiger partial charge is 0.494 e. The van der Waals surface area contributed by atoms with Crippen molar-refractivity contribution in [2.24, 2.45) is 0 Å². The van der Waals surface area contributed by atoms with Crippen LogP contribution in [0.15, 0.2) is 54.6 Å². The summed E-state index contributed by atoms with van der Waals surface area (Å²) in [5.41, 5.74) is 1.16. The smallest absolute Gasteiger partial charge is 0.336 e. The molecule has 42 heavy (non-hydrogen) atoms. The molecule has 2 aromatic rings. The molecular formula is C33H44O9. The second-order valence-corrected chi connectivity index (χ2v) is 10.1. The number of carbonyl (C=O) groups excluding carboxylic acids is 2. The van der Waals surface area contributed by atoms with Crippen molar-refractivity contribution < 1.29 is 42.7 Å². The number of hydrogen-bond acceptors (Lipinski definition) is 9. The van der Waals surface area contributed by atoms with Crippen molar-refractivity contribution in [2.45, 2.75) is 80.3 Å². The SMILES string of the molecule is C=C(C)C(=O)OC(C)Oc1cc(OCC)ccc1C(C)(C)c1ccc(OCC)c(OCC)c1OC(C)OC(=O)C(=C)C. The molecule has 2 atom stereocenters. The maximum atomic E-state index is 12.3. The Hall–Kier alpha value is -4.14. The van der Waals surface area contributed by atoms with Crippen molar-refractivity contribution in [3.05, 3.63) is 65.8 Å². The van der Waals surface area contributed by atoms with Gasteiger partial charge in [-0.15, -0.1) is 0 Å². The van der Waals surface area contributed by atoms with Crippen LogP contribution in [-0.4, -0.2) is 44.3 Å². The molecule has 0 aliphatic carbocycles. The lowest BCUT2D eigenvalue weighted by atomic mass is 9.77. The molecule has 0 spiro atoms. The minimum absolute atomic E-state index is 0.247. The van der Waals surface area contributed by atoms with E-state index in [0.29, 0.717) is 54.1 Å². The molecule has 0 aliphatic heterocycles. The number of carbonyl (C=O) groups is 2. The highest BCUT2D eigenvalue weighted by molar-refractivity contribution is 5.87. The molecule has 0 bridgehead atoms. The second-order valence-electron chi connectivity index (χ2n) is 10.1. The molecule has 230 valence electrons. The molecule has 2 unspecified atom stereocenters. The van der Waals surface area contributed by atoms with Crippen LogP contribution < -0.4 is 23.7 Å². The van der Waals surface area contributed by atoms with Crippen LogP contribution in [-0.2, 0) is 24.5 Å². The van der Waals surface area contributed by atoms with E-state index in [2.05, 4.69) is 13.2 Å². The lowest BCUT2D eigenvalue weighted by Crippen LogP contribution is -2.27. The zero-order valence-corrected chi connectivity index (χ0v) is 26.3. The van der Waals surface area contributed by atoms with Gasteiger partial charge in [0.25, 0.3) is 0 Å². The van der Waals surface area contributed by atoms with Gasteiger partial charge in [-0.25, -0.2) is 9.59 Å². The third-order valence-corrected chi connectivity index (χ3v) is 6.09. The fourth-order valence-electron chi connectivity index (χ4n) is 4.12. The first-order valence-electron chi connectivity index (χ1n) is 14.0. The Morgan fingerprint density at radius 1 is 0.714 bits per heavy atom. The predicted octanol–water partition coefficient (Wildman–Crippen LogP) is 6.90. The standard InChI is InChI=1S/C33H44O9/c1-12-36-24-15-16-25(28(19-24)39-22(8)41-31(34)20(4)5)33(10,11)26-17-18-27(37-13-2)30(38-14-3)29(26)40-23(9)42-32(35)21(6)7/h15-19,22-23H,4,6,12-14H2,1-3,5,7-11H3. The van der Waals surface area contributed by atoms with Gasteiger partial charge in [-0.1, -0.05) is 39.1 Å². The maximum Gasteiger partial charge on any atom is 0.336 e. The van der Waals surface area contributed by atoms with Crippen LogP contribution in [0, 0.1) is 0 Å². The Morgan fingerprint density at radius 2 is 1.24 bits per heavy atom. The highest BCUT2D eigenvalue weighted by Crippen LogP contribution is 2.49. The van der Waals surface area contributed by atoms with Gasteiger partial charge in [0.2, 0.25) is 18.3 Å². The van der Waals surface area contributed by atoms with Gasteiger partial charge in [-0.05, 0) is 46.8 Å². The third kappa shape index (κ3) is 8.68. The van der Waals surface area contributed by atoms with Gasteiger partial charge in [-0.2, -0.15) is 0 Å². The quantitative estimate of drug-likeness (QED) is 0.119. The normalized spacial score (nSPS) is 12.4. The first-order valence-corrected chi connectivity index (χ1v) is 14.0. The topological polar surface area (TPSA) is 98.8 Å². The molecule has 2 aromatic carbocycles. The van der Waals surface area contributed by atoms with Crippen LogP contribution in [0.4, 0.5) is 0 Å². The summed E-state index contributed by atoms with van der Waals surface area (Å²) in [7, 11) is 0. The van der Waals surface area contributed by atoms with E-state index in [1.165, 1.54) is 0 Å². The van der Waals surface area contributed by atoms with Crippen molar-refractivity contribution >= 4 is 11.9 Å². The van der Waals surface area contributed by atoms with Gasteiger partial charge in [-0.3, -0.25) is 0 Å². The van der Waals surface area contributed by atoms with E-state index in [1.54, 1.807) is 33.8 Å². The second kappa shape index (κ2) is 15.2. The van der Waals surface area contributed by atoms with E-state index < -0.39 is 29.9 Å². The Morgan fingerprint density at radius 3 is 1.76 bits per heavy atom. The number of rotatable bonds is 16. The molecule has 0 aromatic heterocycles. The molecule has 0 radical (unpaired) electrons. The van der Waals surface area contributed by atoms with Crippen LogP contribution in [0.5, 0.6) is 28.7 Å². The van der Waals surface area contributed by atoms with Crippen molar-refractivity contribution in [2.75, 3.05) is 19.8 Å². The molecule has 0 fully saturated rings. The van der Waals surface area contributed by atoms with E-state index in [4.69, 9.17) is 33.2 Å². The lowest BCUT2D eigenvalue weighted by molar-refractivity contribution is -0.157. The molecule has 0 saturated heterocycles. The number of ether oxygens (including phenoxy) is 7. The molecule has 0 heterocycles. The lowest BCUT2D eigenvalue weighted by Gasteiger charge is -2.32.